The van der Waals surface area contributed by atoms with Crippen molar-refractivity contribution in [3.63, 3.8) is 0 Å². The molecule has 25 heavy (non-hydrogen) atoms. The van der Waals surface area contributed by atoms with Crippen molar-refractivity contribution < 1.29 is 13.6 Å². The van der Waals surface area contributed by atoms with Crippen LogP contribution in [0.4, 0.5) is 5.69 Å². The minimum absolute atomic E-state index is 0.238. The number of hydrogen-bond acceptors (Lipinski definition) is 4. The van der Waals surface area contributed by atoms with Gasteiger partial charge in [0.1, 0.15) is 5.52 Å². The van der Waals surface area contributed by atoms with Gasteiger partial charge in [-0.1, -0.05) is 27.5 Å². The van der Waals surface area contributed by atoms with Gasteiger partial charge in [0.05, 0.1) is 16.8 Å². The molecule has 2 aromatic carbocycles. The predicted molar refractivity (Wildman–Crippen MR) is 98.8 cm³/mol. The number of benzene rings is 2. The minimum Gasteiger partial charge on any atom is -0.459 e. The summed E-state index contributed by atoms with van der Waals surface area (Å²) in [5.41, 5.74) is 2.49. The van der Waals surface area contributed by atoms with Crippen LogP contribution in [0.1, 0.15) is 10.6 Å². The Kier molecular flexibility index (Phi) is 4.07. The van der Waals surface area contributed by atoms with Crippen LogP contribution in [0.15, 0.2) is 68.1 Å². The van der Waals surface area contributed by atoms with E-state index in [9.17, 15) is 4.79 Å². The van der Waals surface area contributed by atoms with Crippen molar-refractivity contribution in [2.24, 2.45) is 0 Å². The molecule has 124 valence electrons. The van der Waals surface area contributed by atoms with Gasteiger partial charge < -0.3 is 14.2 Å². The Labute approximate surface area is 155 Å². The lowest BCUT2D eigenvalue weighted by Crippen LogP contribution is -2.10. The highest BCUT2D eigenvalue weighted by Crippen LogP contribution is 2.33. The highest BCUT2D eigenvalue weighted by atomic mass is 79.9. The number of aromatic nitrogens is 1. The number of anilines is 1. The van der Waals surface area contributed by atoms with Crippen molar-refractivity contribution in [1.82, 2.24) is 4.98 Å². The second-order valence-corrected chi connectivity index (χ2v) is 6.58. The van der Waals surface area contributed by atoms with E-state index in [0.29, 0.717) is 33.3 Å². The third-order valence-corrected chi connectivity index (χ3v) is 4.37. The monoisotopic (exact) mass is 416 g/mol. The molecule has 0 spiro atoms. The first-order valence-corrected chi connectivity index (χ1v) is 8.48. The lowest BCUT2D eigenvalue weighted by Gasteiger charge is -2.01. The molecule has 0 aliphatic heterocycles. The van der Waals surface area contributed by atoms with Crippen LogP contribution in [0.25, 0.3) is 22.6 Å². The molecule has 0 aliphatic rings. The third kappa shape index (κ3) is 3.18. The summed E-state index contributed by atoms with van der Waals surface area (Å²) < 4.78 is 11.7. The maximum atomic E-state index is 12.0. The first kappa shape index (κ1) is 15.9. The molecule has 0 bridgehead atoms. The van der Waals surface area contributed by atoms with Crippen LogP contribution < -0.4 is 5.32 Å². The molecular weight excluding hydrogens is 408 g/mol. The predicted octanol–water partition coefficient (Wildman–Crippen LogP) is 5.76. The molecule has 7 heteroatoms. The molecule has 0 fully saturated rings. The summed E-state index contributed by atoms with van der Waals surface area (Å²) in [6, 6.07) is 13.9. The summed E-state index contributed by atoms with van der Waals surface area (Å²) >= 11 is 9.64. The summed E-state index contributed by atoms with van der Waals surface area (Å²) in [7, 11) is 0. The standard InChI is InChI=1S/C18H10BrClN2O3/c19-10-3-5-13(20)12(8-10)18-22-14-9-11(4-6-15(14)25-18)21-17(23)16-2-1-7-24-16/h1-9H,(H,21,23). The van der Waals surface area contributed by atoms with E-state index < -0.39 is 0 Å². The summed E-state index contributed by atoms with van der Waals surface area (Å²) in [5, 5.41) is 3.30. The number of amides is 1. The molecule has 4 rings (SSSR count). The number of hydrogen-bond donors (Lipinski definition) is 1. The van der Waals surface area contributed by atoms with Crippen LogP contribution in [0.3, 0.4) is 0 Å². The SMILES string of the molecule is O=C(Nc1ccc2oc(-c3cc(Br)ccc3Cl)nc2c1)c1ccco1. The van der Waals surface area contributed by atoms with Gasteiger partial charge in [-0.05, 0) is 48.5 Å². The van der Waals surface area contributed by atoms with E-state index in [4.69, 9.17) is 20.4 Å². The van der Waals surface area contributed by atoms with Gasteiger partial charge in [-0.2, -0.15) is 0 Å². The summed E-state index contributed by atoms with van der Waals surface area (Å²) in [6.45, 7) is 0. The van der Waals surface area contributed by atoms with Crippen LogP contribution in [0, 0.1) is 0 Å². The molecule has 0 radical (unpaired) electrons. The molecule has 4 aromatic rings. The average molecular weight is 418 g/mol. The average Bonchev–Trinajstić information content (AvgIpc) is 3.26. The number of oxazole rings is 1. The van der Waals surface area contributed by atoms with E-state index in [1.165, 1.54) is 6.26 Å². The Balaban J connectivity index is 1.68. The van der Waals surface area contributed by atoms with E-state index in [2.05, 4.69) is 26.2 Å². The number of halogens is 2. The summed E-state index contributed by atoms with van der Waals surface area (Å²) in [4.78, 5) is 16.5. The van der Waals surface area contributed by atoms with E-state index in [1.807, 2.05) is 12.1 Å². The fraction of sp³-hybridized carbons (Fsp3) is 0. The van der Waals surface area contributed by atoms with Crippen LogP contribution in [-0.2, 0) is 0 Å². The van der Waals surface area contributed by atoms with Crippen LogP contribution in [0.2, 0.25) is 5.02 Å². The van der Waals surface area contributed by atoms with Crippen molar-refractivity contribution >= 4 is 50.2 Å². The van der Waals surface area contributed by atoms with Gasteiger partial charge in [-0.15, -0.1) is 0 Å². The largest absolute Gasteiger partial charge is 0.459 e. The number of carbonyl (C=O) groups is 1. The fourth-order valence-electron chi connectivity index (χ4n) is 2.38. The first-order valence-electron chi connectivity index (χ1n) is 7.31. The maximum Gasteiger partial charge on any atom is 0.291 e. The normalized spacial score (nSPS) is 11.0. The minimum atomic E-state index is -0.330. The Morgan fingerprint density at radius 3 is 2.84 bits per heavy atom. The van der Waals surface area contributed by atoms with Crippen molar-refractivity contribution in [1.29, 1.82) is 0 Å². The maximum absolute atomic E-state index is 12.0. The zero-order valence-corrected chi connectivity index (χ0v) is 15.0. The van der Waals surface area contributed by atoms with Crippen molar-refractivity contribution in [3.8, 4) is 11.5 Å². The molecular formula is C18H10BrClN2O3. The first-order chi connectivity index (χ1) is 12.1. The molecule has 1 N–H and O–H groups in total. The number of nitrogens with zero attached hydrogens (tertiary/aromatic N) is 1. The van der Waals surface area contributed by atoms with E-state index in [-0.39, 0.29) is 11.7 Å². The second-order valence-electron chi connectivity index (χ2n) is 5.26. The Bertz CT molecular complexity index is 1070. The number of fused-ring (bicyclic) bond motifs is 1. The molecule has 5 nitrogen and oxygen atoms in total. The van der Waals surface area contributed by atoms with E-state index in [0.717, 1.165) is 4.47 Å². The quantitative estimate of drug-likeness (QED) is 0.460. The molecule has 0 saturated heterocycles. The van der Waals surface area contributed by atoms with Gasteiger partial charge in [-0.3, -0.25) is 4.79 Å². The van der Waals surface area contributed by atoms with Crippen LogP contribution >= 0.6 is 27.5 Å². The summed E-state index contributed by atoms with van der Waals surface area (Å²) in [5.74, 6) is 0.320. The molecule has 2 heterocycles. The highest BCUT2D eigenvalue weighted by molar-refractivity contribution is 9.10. The topological polar surface area (TPSA) is 68.3 Å². The number of nitrogens with one attached hydrogen (secondary N) is 1. The highest BCUT2D eigenvalue weighted by Gasteiger charge is 2.14. The number of rotatable bonds is 3. The second kappa shape index (κ2) is 6.38. The summed E-state index contributed by atoms with van der Waals surface area (Å²) in [6.07, 6.45) is 1.45. The van der Waals surface area contributed by atoms with Crippen molar-refractivity contribution in [3.05, 3.63) is 70.0 Å². The van der Waals surface area contributed by atoms with Gasteiger partial charge in [-0.25, -0.2) is 4.98 Å². The molecule has 2 aromatic heterocycles. The van der Waals surface area contributed by atoms with Crippen molar-refractivity contribution in [2.75, 3.05) is 5.32 Å². The van der Waals surface area contributed by atoms with Gasteiger partial charge >= 0.3 is 0 Å². The molecule has 0 atom stereocenters. The Morgan fingerprint density at radius 1 is 1.16 bits per heavy atom. The van der Waals surface area contributed by atoms with E-state index in [1.54, 1.807) is 36.4 Å². The smallest absolute Gasteiger partial charge is 0.291 e. The lowest BCUT2D eigenvalue weighted by atomic mass is 10.2. The van der Waals surface area contributed by atoms with Crippen LogP contribution in [-0.4, -0.2) is 10.9 Å². The van der Waals surface area contributed by atoms with E-state index >= 15 is 0 Å². The zero-order valence-electron chi connectivity index (χ0n) is 12.6. The van der Waals surface area contributed by atoms with Gasteiger partial charge in [0, 0.05) is 10.2 Å². The Morgan fingerprint density at radius 2 is 2.04 bits per heavy atom. The van der Waals surface area contributed by atoms with Gasteiger partial charge in [0.2, 0.25) is 5.89 Å². The van der Waals surface area contributed by atoms with Crippen LogP contribution in [0.5, 0.6) is 0 Å². The van der Waals surface area contributed by atoms with Gasteiger partial charge in [0.25, 0.3) is 5.91 Å². The lowest BCUT2D eigenvalue weighted by molar-refractivity contribution is 0.0996. The molecule has 0 saturated carbocycles. The van der Waals surface area contributed by atoms with Gasteiger partial charge in [0.15, 0.2) is 11.3 Å². The van der Waals surface area contributed by atoms with Crippen molar-refractivity contribution in [2.45, 2.75) is 0 Å². The number of carbonyl (C=O) groups excluding carboxylic acids is 1. The molecule has 0 aliphatic carbocycles. The molecule has 1 amide bonds. The molecule has 0 unspecified atom stereocenters. The third-order valence-electron chi connectivity index (χ3n) is 3.55. The fourth-order valence-corrected chi connectivity index (χ4v) is 2.94. The zero-order chi connectivity index (χ0) is 17.4. The number of furan rings is 1. The Hall–Kier alpha value is -2.57.